The normalized spacial score (nSPS) is 12.2. The lowest BCUT2D eigenvalue weighted by molar-refractivity contribution is 0.400. The quantitative estimate of drug-likeness (QED) is 0.513. The number of aromatic amines is 1. The molecule has 2 aromatic heterocycles. The van der Waals surface area contributed by atoms with Crippen LogP contribution in [0.15, 0.2) is 38.8 Å². The van der Waals surface area contributed by atoms with Crippen molar-refractivity contribution in [1.82, 2.24) is 28.7 Å². The molecule has 0 fully saturated rings. The Balaban J connectivity index is 1.87. The number of sulfonamides is 1. The fourth-order valence-electron chi connectivity index (χ4n) is 2.94. The third kappa shape index (κ3) is 4.16. The van der Waals surface area contributed by atoms with Crippen molar-refractivity contribution < 1.29 is 8.42 Å². The summed E-state index contributed by atoms with van der Waals surface area (Å²) in [7, 11) is 3.19. The Morgan fingerprint density at radius 1 is 1.10 bits per heavy atom. The van der Waals surface area contributed by atoms with E-state index in [1.165, 1.54) is 30.8 Å². The van der Waals surface area contributed by atoms with Gasteiger partial charge in [-0.3, -0.25) is 13.9 Å². The first-order valence-corrected chi connectivity index (χ1v) is 10.5. The minimum atomic E-state index is -3.60. The summed E-state index contributed by atoms with van der Waals surface area (Å²) in [5.41, 5.74) is 0.115. The Morgan fingerprint density at radius 3 is 2.38 bits per heavy atom. The number of benzene rings is 1. The summed E-state index contributed by atoms with van der Waals surface area (Å²) >= 11 is 0. The summed E-state index contributed by atoms with van der Waals surface area (Å²) in [5, 5.41) is 0. The Kier molecular flexibility index (Phi) is 5.73. The van der Waals surface area contributed by atoms with Crippen molar-refractivity contribution >= 4 is 21.2 Å². The largest absolute Gasteiger partial charge is 0.332 e. The molecule has 3 rings (SSSR count). The zero-order valence-electron chi connectivity index (χ0n) is 16.8. The van der Waals surface area contributed by atoms with Crippen LogP contribution in [0.25, 0.3) is 22.6 Å². The molecule has 10 nitrogen and oxygen atoms in total. The highest BCUT2D eigenvalue weighted by Crippen LogP contribution is 2.20. The fraction of sp³-hybridized carbons (Fsp3) is 0.389. The third-order valence-corrected chi connectivity index (χ3v) is 6.08. The standard InChI is InChI=1S/C18H24N6O4S/c1-22(2)11-5-10-19-29(27,28)13-8-6-12(7-9-13)15-20-14-16(21-15)23(3)18(26)24(4)17(14)25/h6-9,19H,5,10-11H2,1-4H3,(H,20,21). The van der Waals surface area contributed by atoms with Crippen LogP contribution in [0, 0.1) is 0 Å². The van der Waals surface area contributed by atoms with Crippen molar-refractivity contribution in [2.75, 3.05) is 27.2 Å². The maximum Gasteiger partial charge on any atom is 0.332 e. The second-order valence-electron chi connectivity index (χ2n) is 7.07. The molecule has 0 aliphatic rings. The molecule has 3 aromatic rings. The van der Waals surface area contributed by atoms with Gasteiger partial charge in [-0.05, 0) is 51.3 Å². The molecule has 0 aliphatic heterocycles. The second-order valence-corrected chi connectivity index (χ2v) is 8.84. The predicted octanol–water partition coefficient (Wildman–Crippen LogP) is -0.143. The van der Waals surface area contributed by atoms with Crippen LogP contribution in [-0.4, -0.2) is 59.6 Å². The van der Waals surface area contributed by atoms with Crippen LogP contribution in [0.2, 0.25) is 0 Å². The zero-order valence-corrected chi connectivity index (χ0v) is 17.6. The maximum atomic E-state index is 12.4. The van der Waals surface area contributed by atoms with Gasteiger partial charge < -0.3 is 9.88 Å². The molecule has 0 atom stereocenters. The van der Waals surface area contributed by atoms with E-state index in [4.69, 9.17) is 0 Å². The molecular formula is C18H24N6O4S. The van der Waals surface area contributed by atoms with Crippen LogP contribution >= 0.6 is 0 Å². The maximum absolute atomic E-state index is 12.4. The lowest BCUT2D eigenvalue weighted by Crippen LogP contribution is -2.36. The van der Waals surface area contributed by atoms with Crippen LogP contribution < -0.4 is 16.0 Å². The van der Waals surface area contributed by atoms with E-state index in [1.807, 2.05) is 19.0 Å². The smallest absolute Gasteiger partial charge is 0.332 e. The highest BCUT2D eigenvalue weighted by atomic mass is 32.2. The lowest BCUT2D eigenvalue weighted by atomic mass is 10.2. The average molecular weight is 420 g/mol. The van der Waals surface area contributed by atoms with Gasteiger partial charge in [0.25, 0.3) is 5.56 Å². The number of rotatable bonds is 7. The van der Waals surface area contributed by atoms with Crippen molar-refractivity contribution in [1.29, 1.82) is 0 Å². The molecule has 0 amide bonds. The van der Waals surface area contributed by atoms with Crippen LogP contribution in [0.4, 0.5) is 0 Å². The first-order valence-electron chi connectivity index (χ1n) is 9.02. The molecule has 0 bridgehead atoms. The van der Waals surface area contributed by atoms with E-state index in [2.05, 4.69) is 14.7 Å². The Hall–Kier alpha value is -2.76. The van der Waals surface area contributed by atoms with E-state index in [1.54, 1.807) is 12.1 Å². The van der Waals surface area contributed by atoms with E-state index >= 15 is 0 Å². The molecule has 0 unspecified atom stereocenters. The number of fused-ring (bicyclic) bond motifs is 1. The van der Waals surface area contributed by atoms with Crippen LogP contribution in [0.1, 0.15) is 6.42 Å². The topological polar surface area (TPSA) is 122 Å². The van der Waals surface area contributed by atoms with Gasteiger partial charge in [-0.15, -0.1) is 0 Å². The number of H-pyrrole nitrogens is 1. The summed E-state index contributed by atoms with van der Waals surface area (Å²) in [6.07, 6.45) is 0.705. The molecule has 156 valence electrons. The number of nitrogens with one attached hydrogen (secondary N) is 2. The highest BCUT2D eigenvalue weighted by molar-refractivity contribution is 7.89. The van der Waals surface area contributed by atoms with Gasteiger partial charge in [0.05, 0.1) is 4.90 Å². The monoisotopic (exact) mass is 420 g/mol. The van der Waals surface area contributed by atoms with E-state index in [-0.39, 0.29) is 16.1 Å². The van der Waals surface area contributed by atoms with Gasteiger partial charge in [-0.25, -0.2) is 22.9 Å². The molecular weight excluding hydrogens is 396 g/mol. The second kappa shape index (κ2) is 7.93. The molecule has 0 aliphatic carbocycles. The van der Waals surface area contributed by atoms with Gasteiger partial charge in [0.1, 0.15) is 11.3 Å². The first kappa shape index (κ1) is 21.0. The molecule has 0 saturated heterocycles. The first-order chi connectivity index (χ1) is 13.6. The number of aryl methyl sites for hydroxylation is 1. The molecule has 0 spiro atoms. The van der Waals surface area contributed by atoms with E-state index < -0.39 is 21.3 Å². The van der Waals surface area contributed by atoms with Crippen molar-refractivity contribution in [3.8, 4) is 11.4 Å². The van der Waals surface area contributed by atoms with E-state index in [0.29, 0.717) is 24.4 Å². The SMILES string of the molecule is CN(C)CCCNS(=O)(=O)c1ccc(-c2nc3c([nH]2)c(=O)n(C)c(=O)n3C)cc1. The molecule has 0 saturated carbocycles. The van der Waals surface area contributed by atoms with Gasteiger partial charge in [0.2, 0.25) is 10.0 Å². The highest BCUT2D eigenvalue weighted by Gasteiger charge is 2.16. The number of nitrogens with zero attached hydrogens (tertiary/aromatic N) is 4. The van der Waals surface area contributed by atoms with Crippen LogP contribution in [0.5, 0.6) is 0 Å². The van der Waals surface area contributed by atoms with E-state index in [0.717, 1.165) is 11.1 Å². The van der Waals surface area contributed by atoms with Gasteiger partial charge in [-0.1, -0.05) is 0 Å². The summed E-state index contributed by atoms with van der Waals surface area (Å²) in [6, 6.07) is 6.17. The van der Waals surface area contributed by atoms with Gasteiger partial charge >= 0.3 is 5.69 Å². The molecule has 1 aromatic carbocycles. The minimum absolute atomic E-state index is 0.144. The number of imidazole rings is 1. The number of hydrogen-bond acceptors (Lipinski definition) is 6. The Bertz CT molecular complexity index is 1250. The minimum Gasteiger partial charge on any atom is -0.332 e. The Morgan fingerprint density at radius 2 is 1.76 bits per heavy atom. The summed E-state index contributed by atoms with van der Waals surface area (Å²) in [5.74, 6) is 0.376. The molecule has 2 N–H and O–H groups in total. The van der Waals surface area contributed by atoms with Gasteiger partial charge in [-0.2, -0.15) is 0 Å². The molecule has 11 heteroatoms. The summed E-state index contributed by atoms with van der Waals surface area (Å²) in [6.45, 7) is 1.14. The molecule has 29 heavy (non-hydrogen) atoms. The molecule has 2 heterocycles. The van der Waals surface area contributed by atoms with E-state index in [9.17, 15) is 18.0 Å². The van der Waals surface area contributed by atoms with Gasteiger partial charge in [0.15, 0.2) is 5.65 Å². The summed E-state index contributed by atoms with van der Waals surface area (Å²) < 4.78 is 29.7. The van der Waals surface area contributed by atoms with Crippen molar-refractivity contribution in [2.24, 2.45) is 14.1 Å². The van der Waals surface area contributed by atoms with Gasteiger partial charge in [0, 0.05) is 26.2 Å². The number of hydrogen-bond donors (Lipinski definition) is 2. The van der Waals surface area contributed by atoms with Crippen LogP contribution in [0.3, 0.4) is 0 Å². The third-order valence-electron chi connectivity index (χ3n) is 4.61. The van der Waals surface area contributed by atoms with Crippen molar-refractivity contribution in [2.45, 2.75) is 11.3 Å². The van der Waals surface area contributed by atoms with Crippen LogP contribution in [-0.2, 0) is 24.1 Å². The Labute approximate surface area is 167 Å². The lowest BCUT2D eigenvalue weighted by Gasteiger charge is -2.10. The van der Waals surface area contributed by atoms with Crippen molar-refractivity contribution in [3.63, 3.8) is 0 Å². The zero-order chi connectivity index (χ0) is 21.3. The number of aromatic nitrogens is 4. The summed E-state index contributed by atoms with van der Waals surface area (Å²) in [4.78, 5) is 33.7. The fourth-order valence-corrected chi connectivity index (χ4v) is 4.01. The molecule has 0 radical (unpaired) electrons. The van der Waals surface area contributed by atoms with Crippen molar-refractivity contribution in [3.05, 3.63) is 45.1 Å². The predicted molar refractivity (Wildman–Crippen MR) is 110 cm³/mol. The average Bonchev–Trinajstić information content (AvgIpc) is 3.14.